The maximum absolute atomic E-state index is 16.6. The number of anilines is 9. The van der Waals surface area contributed by atoms with E-state index in [1.54, 1.807) is 0 Å². The van der Waals surface area contributed by atoms with Gasteiger partial charge in [-0.25, -0.2) is 0 Å². The van der Waals surface area contributed by atoms with Gasteiger partial charge in [0.1, 0.15) is 17.1 Å². The molecule has 0 spiro atoms. The predicted octanol–water partition coefficient (Wildman–Crippen LogP) is 8.99. The number of ether oxygens (including phenoxy) is 3. The first-order valence-corrected chi connectivity index (χ1v) is 16.3. The summed E-state index contributed by atoms with van der Waals surface area (Å²) in [5, 5.41) is 2.35. The fourth-order valence-electron chi connectivity index (χ4n) is 8.01. The Balaban J connectivity index is 1.32. The van der Waals surface area contributed by atoms with Crippen LogP contribution in [0.3, 0.4) is 0 Å². The molecule has 0 saturated carbocycles. The Morgan fingerprint density at radius 3 is 1.02 bits per heavy atom. The van der Waals surface area contributed by atoms with Gasteiger partial charge in [0.05, 0.1) is 50.0 Å². The minimum absolute atomic E-state index is 0.688. The molecule has 44 heavy (non-hydrogen) atoms. The number of hydrogen-bond acceptors (Lipinski definition) is 7. The summed E-state index contributed by atoms with van der Waals surface area (Å²) >= 11 is 0. The molecule has 0 amide bonds. The highest BCUT2D eigenvalue weighted by atomic mass is 31.2. The Labute approximate surface area is 251 Å². The number of benzene rings is 6. The lowest BCUT2D eigenvalue weighted by atomic mass is 10.0. The van der Waals surface area contributed by atoms with Gasteiger partial charge < -0.3 is 33.5 Å². The molecule has 0 saturated heterocycles. The van der Waals surface area contributed by atoms with E-state index in [1.807, 2.05) is 72.8 Å². The zero-order valence-electron chi connectivity index (χ0n) is 22.8. The molecule has 6 aliphatic rings. The molecule has 0 unspecified atom stereocenters. The maximum Gasteiger partial charge on any atom is 0.183 e. The van der Waals surface area contributed by atoms with Crippen LogP contribution in [0.4, 0.5) is 51.2 Å². The van der Waals surface area contributed by atoms with Crippen LogP contribution in [0.25, 0.3) is 0 Å². The van der Waals surface area contributed by atoms with E-state index in [9.17, 15) is 0 Å². The van der Waals surface area contributed by atoms with Crippen LogP contribution < -0.4 is 44.8 Å². The third kappa shape index (κ3) is 2.18. The first-order valence-electron chi connectivity index (χ1n) is 14.6. The van der Waals surface area contributed by atoms with Gasteiger partial charge in [0, 0.05) is 0 Å². The van der Waals surface area contributed by atoms with E-state index in [0.29, 0.717) is 17.2 Å². The molecule has 6 heterocycles. The summed E-state index contributed by atoms with van der Waals surface area (Å²) in [6, 6.07) is 36.3. The third-order valence-corrected chi connectivity index (χ3v) is 12.8. The second-order valence-electron chi connectivity index (χ2n) is 11.7. The summed E-state index contributed by atoms with van der Waals surface area (Å²) in [6.45, 7) is 0. The molecule has 6 aromatic rings. The summed E-state index contributed by atoms with van der Waals surface area (Å²) in [7, 11) is -3.52. The van der Waals surface area contributed by atoms with Crippen LogP contribution in [-0.4, -0.2) is 0 Å². The zero-order chi connectivity index (χ0) is 28.5. The van der Waals surface area contributed by atoms with Gasteiger partial charge in [-0.3, -0.25) is 0 Å². The normalized spacial score (nSPS) is 16.4. The largest absolute Gasteiger partial charge is 0.453 e. The fraction of sp³-hybridized carbons (Fsp3) is 0. The maximum atomic E-state index is 16.6. The van der Waals surface area contributed by atoms with Crippen molar-refractivity contribution in [1.29, 1.82) is 0 Å². The van der Waals surface area contributed by atoms with Crippen molar-refractivity contribution in [1.82, 2.24) is 0 Å². The minimum Gasteiger partial charge on any atom is -0.453 e. The van der Waals surface area contributed by atoms with E-state index in [2.05, 4.69) is 51.1 Å². The van der Waals surface area contributed by atoms with Gasteiger partial charge in [-0.05, 0) is 72.8 Å². The van der Waals surface area contributed by atoms with E-state index < -0.39 is 7.14 Å². The number of hydrogen-bond donors (Lipinski definition) is 0. The Kier molecular flexibility index (Phi) is 3.46. The molecule has 8 heteroatoms. The zero-order valence-corrected chi connectivity index (χ0v) is 23.7. The van der Waals surface area contributed by atoms with Gasteiger partial charge in [-0.2, -0.15) is 0 Å². The van der Waals surface area contributed by atoms with Gasteiger partial charge in [0.2, 0.25) is 0 Å². The molecule has 0 fully saturated rings. The monoisotopic (exact) mass is 587 g/mol. The Morgan fingerprint density at radius 2 is 0.682 bits per heavy atom. The van der Waals surface area contributed by atoms with Crippen LogP contribution in [0, 0.1) is 0 Å². The Morgan fingerprint density at radius 1 is 0.364 bits per heavy atom. The highest BCUT2D eigenvalue weighted by molar-refractivity contribution is 7.87. The third-order valence-electron chi connectivity index (χ3n) is 9.60. The Bertz CT molecular complexity index is 2190. The van der Waals surface area contributed by atoms with Crippen molar-refractivity contribution < 1.29 is 18.8 Å². The van der Waals surface area contributed by atoms with Crippen LogP contribution in [-0.2, 0) is 4.57 Å². The molecule has 7 nitrogen and oxygen atoms in total. The highest BCUT2D eigenvalue weighted by Crippen LogP contribution is 2.73. The summed E-state index contributed by atoms with van der Waals surface area (Å²) in [6.07, 6.45) is 0. The SMILES string of the molecule is O=P12c3c4ccc5c3N(c3ccccc3O5)c3ccc5c(c31)N(c1ccccc1O5)c1ccc3c(c12)N4c1ccccc1O3. The van der Waals surface area contributed by atoms with Crippen LogP contribution in [0.2, 0.25) is 0 Å². The van der Waals surface area contributed by atoms with Crippen LogP contribution >= 0.6 is 7.14 Å². The molecule has 12 rings (SSSR count). The molecule has 6 aliphatic heterocycles. The molecular weight excluding hydrogens is 569 g/mol. The lowest BCUT2D eigenvalue weighted by Gasteiger charge is -2.52. The van der Waals surface area contributed by atoms with Gasteiger partial charge >= 0.3 is 0 Å². The average molecular weight is 588 g/mol. The first-order chi connectivity index (χ1) is 21.7. The van der Waals surface area contributed by atoms with Crippen LogP contribution in [0.15, 0.2) is 109 Å². The second-order valence-corrected chi connectivity index (χ2v) is 14.2. The van der Waals surface area contributed by atoms with Crippen molar-refractivity contribution in [2.45, 2.75) is 0 Å². The van der Waals surface area contributed by atoms with Crippen molar-refractivity contribution in [3.63, 3.8) is 0 Å². The quantitative estimate of drug-likeness (QED) is 0.164. The van der Waals surface area contributed by atoms with Gasteiger partial charge in [0.15, 0.2) is 41.6 Å². The van der Waals surface area contributed by atoms with E-state index in [0.717, 1.165) is 84.3 Å². The molecule has 0 aliphatic carbocycles. The smallest absolute Gasteiger partial charge is 0.183 e. The average Bonchev–Trinajstić information content (AvgIpc) is 3.06. The molecule has 0 radical (unpaired) electrons. The first kappa shape index (κ1) is 22.0. The van der Waals surface area contributed by atoms with Crippen LogP contribution in [0.5, 0.6) is 34.5 Å². The van der Waals surface area contributed by atoms with E-state index in [4.69, 9.17) is 14.2 Å². The standard InChI is InChI=1S/C36H18N3O4P/c40-44-34-22-13-16-29-32(34)39(21-9-3-6-12-27(21)42-29)24-15-18-30-33(36(24)44)38(20-8-2-5-11-26(20)43-30)23-14-17-28-31(35(23)44)37(22)19-7-1-4-10-25(19)41-28/h1-18H. The van der Waals surface area contributed by atoms with Crippen molar-refractivity contribution in [2.24, 2.45) is 0 Å². The van der Waals surface area contributed by atoms with Gasteiger partial charge in [-0.15, -0.1) is 0 Å². The fourth-order valence-corrected chi connectivity index (χ4v) is 11.7. The molecule has 0 N–H and O–H groups in total. The van der Waals surface area contributed by atoms with Gasteiger partial charge in [-0.1, -0.05) is 36.4 Å². The molecule has 6 aromatic carbocycles. The highest BCUT2D eigenvalue weighted by Gasteiger charge is 2.58. The number of para-hydroxylation sites is 6. The van der Waals surface area contributed by atoms with E-state index >= 15 is 4.57 Å². The molecule has 0 aromatic heterocycles. The van der Waals surface area contributed by atoms with Crippen molar-refractivity contribution in [3.8, 4) is 34.5 Å². The summed E-state index contributed by atoms with van der Waals surface area (Å²) in [5.41, 5.74) is 7.82. The minimum atomic E-state index is -3.52. The summed E-state index contributed by atoms with van der Waals surface area (Å²) in [4.78, 5) is 6.72. The lowest BCUT2D eigenvalue weighted by Crippen LogP contribution is -2.49. The van der Waals surface area contributed by atoms with Crippen LogP contribution in [0.1, 0.15) is 0 Å². The molecule has 0 atom stereocenters. The van der Waals surface area contributed by atoms with E-state index in [-0.39, 0.29) is 0 Å². The summed E-state index contributed by atoms with van der Waals surface area (Å²) in [5.74, 6) is 4.33. The van der Waals surface area contributed by atoms with Gasteiger partial charge in [0.25, 0.3) is 0 Å². The second kappa shape index (κ2) is 6.94. The van der Waals surface area contributed by atoms with Crippen molar-refractivity contribution >= 4 is 74.2 Å². The van der Waals surface area contributed by atoms with Crippen molar-refractivity contribution in [3.05, 3.63) is 109 Å². The topological polar surface area (TPSA) is 54.5 Å². The lowest BCUT2D eigenvalue weighted by molar-refractivity contribution is 0.474. The number of fused-ring (bicyclic) bond motifs is 9. The number of rotatable bonds is 0. The van der Waals surface area contributed by atoms with Crippen molar-refractivity contribution in [2.75, 3.05) is 14.7 Å². The Hall–Kier alpha value is -5.65. The predicted molar refractivity (Wildman–Crippen MR) is 171 cm³/mol. The summed E-state index contributed by atoms with van der Waals surface area (Å²) < 4.78 is 36.2. The van der Waals surface area contributed by atoms with E-state index in [1.165, 1.54) is 0 Å². The molecular formula is C36H18N3O4P. The molecule has 206 valence electrons. The molecule has 0 bridgehead atoms. The number of nitrogens with zero attached hydrogens (tertiary/aromatic N) is 3.